The Kier molecular flexibility index (Phi) is 6.37. The van der Waals surface area contributed by atoms with Crippen LogP contribution in [0.3, 0.4) is 0 Å². The Morgan fingerprint density at radius 1 is 0.964 bits per heavy atom. The zero-order valence-electron chi connectivity index (χ0n) is 13.7. The number of phenols is 1. The lowest BCUT2D eigenvalue weighted by Gasteiger charge is -2.10. The maximum atomic E-state index is 12.3. The molecule has 1 heterocycles. The Balaban J connectivity index is 1.71. The first kappa shape index (κ1) is 20.8. The van der Waals surface area contributed by atoms with E-state index in [1.807, 2.05) is 0 Å². The number of thiocarbonyl (C=S) groups is 1. The number of nitrogens with one attached hydrogen (secondary N) is 2. The van der Waals surface area contributed by atoms with Crippen molar-refractivity contribution in [3.8, 4) is 17.1 Å². The van der Waals surface area contributed by atoms with E-state index in [1.54, 1.807) is 24.3 Å². The summed E-state index contributed by atoms with van der Waals surface area (Å²) in [6.45, 7) is 0. The number of hydrogen-bond acceptors (Lipinski definition) is 4. The van der Waals surface area contributed by atoms with Crippen molar-refractivity contribution in [2.24, 2.45) is 0 Å². The number of aromatic hydroxyl groups is 1. The second kappa shape index (κ2) is 8.59. The minimum atomic E-state index is -0.571. The molecule has 0 aliphatic rings. The van der Waals surface area contributed by atoms with Crippen LogP contribution in [-0.4, -0.2) is 16.1 Å². The number of phenolic OH excluding ortho intramolecular Hbond substituents is 1. The van der Waals surface area contributed by atoms with Gasteiger partial charge in [-0.25, -0.2) is 0 Å². The van der Waals surface area contributed by atoms with E-state index in [-0.39, 0.29) is 26.7 Å². The molecule has 0 unspecified atom stereocenters. The van der Waals surface area contributed by atoms with Gasteiger partial charge in [-0.2, -0.15) is 0 Å². The second-order valence-electron chi connectivity index (χ2n) is 5.48. The Morgan fingerprint density at radius 2 is 1.64 bits per heavy atom. The van der Waals surface area contributed by atoms with Gasteiger partial charge in [0.1, 0.15) is 5.76 Å². The molecule has 0 atom stereocenters. The van der Waals surface area contributed by atoms with Crippen LogP contribution in [0, 0.1) is 0 Å². The van der Waals surface area contributed by atoms with Crippen LogP contribution in [0.4, 0.5) is 5.69 Å². The zero-order chi connectivity index (χ0) is 20.4. The predicted molar refractivity (Wildman–Crippen MR) is 116 cm³/mol. The monoisotopic (exact) mass is 474 g/mol. The first-order valence-electron chi connectivity index (χ1n) is 7.60. The molecule has 144 valence electrons. The van der Waals surface area contributed by atoms with Crippen LogP contribution < -0.4 is 10.6 Å². The summed E-state index contributed by atoms with van der Waals surface area (Å²) in [6.07, 6.45) is 0. The fourth-order valence-corrected chi connectivity index (χ4v) is 3.34. The van der Waals surface area contributed by atoms with Gasteiger partial charge in [-0.1, -0.05) is 46.4 Å². The molecular formula is C18H10Cl4N2O3S. The summed E-state index contributed by atoms with van der Waals surface area (Å²) in [5, 5.41) is 15.8. The fraction of sp³-hybridized carbons (Fsp3) is 0. The molecule has 3 rings (SSSR count). The average Bonchev–Trinajstić information content (AvgIpc) is 3.11. The smallest absolute Gasteiger partial charge is 0.293 e. The van der Waals surface area contributed by atoms with E-state index in [0.29, 0.717) is 27.1 Å². The largest absolute Gasteiger partial charge is 0.505 e. The number of halogens is 4. The first-order valence-corrected chi connectivity index (χ1v) is 9.52. The van der Waals surface area contributed by atoms with E-state index in [0.717, 1.165) is 0 Å². The molecule has 0 saturated carbocycles. The third-order valence-corrected chi connectivity index (χ3v) is 4.87. The standard InChI is InChI=1S/C18H10Cl4N2O3S/c19-8-1-2-11(20)10(5-8)14-3-4-15(27-14)17(26)24-18(28)23-9-6-12(21)16(25)13(22)7-9/h1-7,25H,(H2,23,24,26,28). The van der Waals surface area contributed by atoms with Crippen LogP contribution >= 0.6 is 58.6 Å². The van der Waals surface area contributed by atoms with Gasteiger partial charge in [0.25, 0.3) is 5.91 Å². The van der Waals surface area contributed by atoms with E-state index in [4.69, 9.17) is 63.0 Å². The molecule has 10 heteroatoms. The van der Waals surface area contributed by atoms with E-state index < -0.39 is 5.91 Å². The predicted octanol–water partition coefficient (Wildman–Crippen LogP) is 6.39. The number of rotatable bonds is 3. The Bertz CT molecular complexity index is 1060. The van der Waals surface area contributed by atoms with E-state index in [2.05, 4.69) is 10.6 Å². The quantitative estimate of drug-likeness (QED) is 0.302. The molecule has 0 fully saturated rings. The number of furan rings is 1. The van der Waals surface area contributed by atoms with Gasteiger partial charge in [-0.05, 0) is 54.7 Å². The number of carbonyl (C=O) groups is 1. The number of carbonyl (C=O) groups excluding carboxylic acids is 1. The highest BCUT2D eigenvalue weighted by Gasteiger charge is 2.16. The number of anilines is 1. The molecular weight excluding hydrogens is 466 g/mol. The highest BCUT2D eigenvalue weighted by Crippen LogP contribution is 2.35. The van der Waals surface area contributed by atoms with Crippen LogP contribution in [0.15, 0.2) is 46.9 Å². The van der Waals surface area contributed by atoms with Gasteiger partial charge < -0.3 is 14.8 Å². The molecule has 3 N–H and O–H groups in total. The summed E-state index contributed by atoms with van der Waals surface area (Å²) in [5.41, 5.74) is 0.950. The van der Waals surface area contributed by atoms with Crippen molar-refractivity contribution in [1.82, 2.24) is 5.32 Å². The maximum Gasteiger partial charge on any atom is 0.293 e. The van der Waals surface area contributed by atoms with Gasteiger partial charge in [0.05, 0.1) is 15.1 Å². The van der Waals surface area contributed by atoms with Gasteiger partial charge in [0.15, 0.2) is 16.6 Å². The number of benzene rings is 2. The summed E-state index contributed by atoms with van der Waals surface area (Å²) in [5.74, 6) is -0.407. The number of hydrogen-bond donors (Lipinski definition) is 3. The summed E-state index contributed by atoms with van der Waals surface area (Å²) in [7, 11) is 0. The third-order valence-electron chi connectivity index (χ3n) is 3.53. The van der Waals surface area contributed by atoms with Crippen LogP contribution in [0.5, 0.6) is 5.75 Å². The third kappa shape index (κ3) is 4.71. The molecule has 1 aromatic heterocycles. The normalized spacial score (nSPS) is 10.6. The van der Waals surface area contributed by atoms with Gasteiger partial charge in [0, 0.05) is 16.3 Å². The van der Waals surface area contributed by atoms with Crippen molar-refractivity contribution in [3.63, 3.8) is 0 Å². The van der Waals surface area contributed by atoms with Crippen LogP contribution in [0.2, 0.25) is 20.1 Å². The fourth-order valence-electron chi connectivity index (χ4n) is 2.26. The van der Waals surface area contributed by atoms with Gasteiger partial charge in [0.2, 0.25) is 0 Å². The van der Waals surface area contributed by atoms with Crippen molar-refractivity contribution in [2.75, 3.05) is 5.32 Å². The van der Waals surface area contributed by atoms with E-state index >= 15 is 0 Å². The summed E-state index contributed by atoms with van der Waals surface area (Å²) < 4.78 is 5.55. The Hall–Kier alpha value is -1.96. The topological polar surface area (TPSA) is 74.5 Å². The zero-order valence-corrected chi connectivity index (χ0v) is 17.6. The number of amides is 1. The highest BCUT2D eigenvalue weighted by atomic mass is 35.5. The second-order valence-corrected chi connectivity index (χ2v) is 7.55. The molecule has 0 aliphatic carbocycles. The van der Waals surface area contributed by atoms with Crippen molar-refractivity contribution >= 4 is 75.3 Å². The van der Waals surface area contributed by atoms with Crippen molar-refractivity contribution in [1.29, 1.82) is 0 Å². The molecule has 2 aromatic carbocycles. The van der Waals surface area contributed by atoms with Crippen molar-refractivity contribution in [2.45, 2.75) is 0 Å². The maximum absolute atomic E-state index is 12.3. The van der Waals surface area contributed by atoms with E-state index in [9.17, 15) is 9.90 Å². The molecule has 0 radical (unpaired) electrons. The highest BCUT2D eigenvalue weighted by molar-refractivity contribution is 7.80. The molecule has 3 aromatic rings. The average molecular weight is 476 g/mol. The summed E-state index contributed by atoms with van der Waals surface area (Å²) in [6, 6.07) is 10.8. The first-order chi connectivity index (χ1) is 13.2. The van der Waals surface area contributed by atoms with Crippen LogP contribution in [0.1, 0.15) is 10.6 Å². The molecule has 0 spiro atoms. The van der Waals surface area contributed by atoms with Crippen LogP contribution in [0.25, 0.3) is 11.3 Å². The van der Waals surface area contributed by atoms with Crippen molar-refractivity contribution < 1.29 is 14.3 Å². The van der Waals surface area contributed by atoms with Crippen molar-refractivity contribution in [3.05, 3.63) is 68.3 Å². The minimum Gasteiger partial charge on any atom is -0.505 e. The SMILES string of the molecule is O=C(NC(=S)Nc1cc(Cl)c(O)c(Cl)c1)c1ccc(-c2cc(Cl)ccc2Cl)o1. The van der Waals surface area contributed by atoms with Crippen LogP contribution in [-0.2, 0) is 0 Å². The Morgan fingerprint density at radius 3 is 2.32 bits per heavy atom. The lowest BCUT2D eigenvalue weighted by molar-refractivity contribution is 0.0951. The Labute approximate surface area is 185 Å². The minimum absolute atomic E-state index is 0.0124. The lowest BCUT2D eigenvalue weighted by Crippen LogP contribution is -2.33. The van der Waals surface area contributed by atoms with Gasteiger partial charge in [-0.15, -0.1) is 0 Å². The van der Waals surface area contributed by atoms with Gasteiger partial charge in [-0.3, -0.25) is 10.1 Å². The summed E-state index contributed by atoms with van der Waals surface area (Å²) in [4.78, 5) is 12.3. The molecule has 5 nitrogen and oxygen atoms in total. The van der Waals surface area contributed by atoms with E-state index in [1.165, 1.54) is 18.2 Å². The molecule has 0 bridgehead atoms. The summed E-state index contributed by atoms with van der Waals surface area (Å²) >= 11 is 28.9. The molecule has 0 saturated heterocycles. The molecule has 1 amide bonds. The molecule has 28 heavy (non-hydrogen) atoms. The lowest BCUT2D eigenvalue weighted by atomic mass is 10.2. The van der Waals surface area contributed by atoms with Gasteiger partial charge >= 0.3 is 0 Å². The molecule has 0 aliphatic heterocycles.